The fraction of sp³-hybridized carbons (Fsp3) is 0.615. The molecule has 0 radical (unpaired) electrons. The molecule has 0 aromatic heterocycles. The van der Waals surface area contributed by atoms with Crippen LogP contribution in [0.3, 0.4) is 0 Å². The maximum absolute atomic E-state index is 12.3. The van der Waals surface area contributed by atoms with E-state index in [0.717, 1.165) is 19.3 Å². The Bertz CT molecular complexity index is 457. The summed E-state index contributed by atoms with van der Waals surface area (Å²) in [7, 11) is 0. The SMILES string of the molecule is CC1(OC(F)(F)F)C=CC=C(NC2(C#N)CCC2)C1. The van der Waals surface area contributed by atoms with E-state index in [0.29, 0.717) is 5.70 Å². The number of ether oxygens (including phenoxy) is 1. The molecule has 1 fully saturated rings. The van der Waals surface area contributed by atoms with Gasteiger partial charge in [0.1, 0.15) is 5.54 Å². The van der Waals surface area contributed by atoms with E-state index in [-0.39, 0.29) is 6.42 Å². The van der Waals surface area contributed by atoms with E-state index in [1.54, 1.807) is 6.08 Å². The lowest BCUT2D eigenvalue weighted by molar-refractivity contribution is -0.355. The van der Waals surface area contributed by atoms with Crippen LogP contribution in [0, 0.1) is 11.3 Å². The van der Waals surface area contributed by atoms with E-state index in [9.17, 15) is 13.2 Å². The molecule has 2 aliphatic carbocycles. The van der Waals surface area contributed by atoms with Crippen LogP contribution < -0.4 is 5.32 Å². The lowest BCUT2D eigenvalue weighted by atomic mass is 9.77. The molecule has 0 amide bonds. The van der Waals surface area contributed by atoms with Crippen LogP contribution in [-0.2, 0) is 4.74 Å². The second-order valence-corrected chi connectivity index (χ2v) is 5.26. The van der Waals surface area contributed by atoms with Gasteiger partial charge in [-0.25, -0.2) is 0 Å². The lowest BCUT2D eigenvalue weighted by Crippen LogP contribution is -2.50. The molecule has 1 N–H and O–H groups in total. The Labute approximate surface area is 109 Å². The molecule has 0 heterocycles. The maximum Gasteiger partial charge on any atom is 0.523 e. The molecule has 1 atom stereocenters. The van der Waals surface area contributed by atoms with Crippen molar-refractivity contribution in [2.24, 2.45) is 0 Å². The number of nitrogens with zero attached hydrogens (tertiary/aromatic N) is 1. The van der Waals surface area contributed by atoms with Crippen molar-refractivity contribution >= 4 is 0 Å². The average Bonchev–Trinajstić information content (AvgIpc) is 2.20. The Morgan fingerprint density at radius 3 is 2.58 bits per heavy atom. The summed E-state index contributed by atoms with van der Waals surface area (Å²) in [5.74, 6) is 0. The van der Waals surface area contributed by atoms with E-state index >= 15 is 0 Å². The predicted octanol–water partition coefficient (Wildman–Crippen LogP) is 3.16. The highest BCUT2D eigenvalue weighted by atomic mass is 19.4. The van der Waals surface area contributed by atoms with Crippen LogP contribution in [0.2, 0.25) is 0 Å². The first kappa shape index (κ1) is 13.9. The smallest absolute Gasteiger partial charge is 0.371 e. The van der Waals surface area contributed by atoms with Gasteiger partial charge < -0.3 is 5.32 Å². The van der Waals surface area contributed by atoms with Gasteiger partial charge in [-0.2, -0.15) is 5.26 Å². The van der Waals surface area contributed by atoms with Crippen LogP contribution in [-0.4, -0.2) is 17.5 Å². The fourth-order valence-electron chi connectivity index (χ4n) is 2.39. The van der Waals surface area contributed by atoms with Gasteiger partial charge in [-0.15, -0.1) is 13.2 Å². The molecule has 0 saturated heterocycles. The minimum atomic E-state index is -4.68. The largest absolute Gasteiger partial charge is 0.523 e. The first-order chi connectivity index (χ1) is 8.76. The van der Waals surface area contributed by atoms with Crippen molar-refractivity contribution < 1.29 is 17.9 Å². The third-order valence-corrected chi connectivity index (χ3v) is 3.46. The standard InChI is InChI=1S/C13H15F3N2O/c1-11(19-13(14,15)16)5-2-4-10(8-11)18-12(9-17)6-3-7-12/h2,4-5,18H,3,6-8H2,1H3. The highest BCUT2D eigenvalue weighted by molar-refractivity contribution is 5.28. The Morgan fingerprint density at radius 1 is 1.42 bits per heavy atom. The lowest BCUT2D eigenvalue weighted by Gasteiger charge is -2.40. The molecule has 0 aliphatic heterocycles. The first-order valence-electron chi connectivity index (χ1n) is 6.11. The third kappa shape index (κ3) is 3.29. The molecule has 2 rings (SSSR count). The van der Waals surface area contributed by atoms with E-state index in [1.165, 1.54) is 19.1 Å². The zero-order valence-corrected chi connectivity index (χ0v) is 10.5. The predicted molar refractivity (Wildman–Crippen MR) is 62.7 cm³/mol. The highest BCUT2D eigenvalue weighted by Gasteiger charge is 2.42. The highest BCUT2D eigenvalue weighted by Crippen LogP contribution is 2.36. The minimum Gasteiger partial charge on any atom is -0.371 e. The number of hydrogen-bond acceptors (Lipinski definition) is 3. The van der Waals surface area contributed by atoms with Gasteiger partial charge in [0, 0.05) is 12.1 Å². The summed E-state index contributed by atoms with van der Waals surface area (Å²) in [4.78, 5) is 0. The van der Waals surface area contributed by atoms with Gasteiger partial charge in [-0.3, -0.25) is 4.74 Å². The number of nitrogens with one attached hydrogen (secondary N) is 1. The van der Waals surface area contributed by atoms with Crippen LogP contribution in [0.1, 0.15) is 32.6 Å². The zero-order chi connectivity index (χ0) is 14.1. The van der Waals surface area contributed by atoms with E-state index in [1.807, 2.05) is 0 Å². The van der Waals surface area contributed by atoms with Crippen LogP contribution in [0.25, 0.3) is 0 Å². The van der Waals surface area contributed by atoms with Crippen LogP contribution in [0.15, 0.2) is 23.9 Å². The van der Waals surface area contributed by atoms with Gasteiger partial charge in [-0.05, 0) is 32.3 Å². The van der Waals surface area contributed by atoms with Gasteiger partial charge in [0.05, 0.1) is 11.7 Å². The van der Waals surface area contributed by atoms with Gasteiger partial charge in [0.2, 0.25) is 0 Å². The van der Waals surface area contributed by atoms with Gasteiger partial charge in [0.25, 0.3) is 0 Å². The molecule has 104 valence electrons. The number of rotatable bonds is 3. The molecule has 3 nitrogen and oxygen atoms in total. The molecule has 0 aromatic rings. The van der Waals surface area contributed by atoms with Crippen LogP contribution >= 0.6 is 0 Å². The third-order valence-electron chi connectivity index (χ3n) is 3.46. The second-order valence-electron chi connectivity index (χ2n) is 5.26. The summed E-state index contributed by atoms with van der Waals surface area (Å²) in [6.07, 6.45) is 2.41. The van der Waals surface area contributed by atoms with Crippen molar-refractivity contribution in [3.8, 4) is 6.07 Å². The van der Waals surface area contributed by atoms with Crippen molar-refractivity contribution in [1.82, 2.24) is 5.32 Å². The molecule has 0 bridgehead atoms. The molecular weight excluding hydrogens is 257 g/mol. The van der Waals surface area contributed by atoms with Gasteiger partial charge in [0.15, 0.2) is 0 Å². The number of allylic oxidation sites excluding steroid dienone is 2. The number of alkyl halides is 3. The van der Waals surface area contributed by atoms with Gasteiger partial charge in [-0.1, -0.05) is 12.2 Å². The van der Waals surface area contributed by atoms with Crippen molar-refractivity contribution in [1.29, 1.82) is 5.26 Å². The van der Waals surface area contributed by atoms with Crippen LogP contribution in [0.5, 0.6) is 0 Å². The molecule has 6 heteroatoms. The summed E-state index contributed by atoms with van der Waals surface area (Å²) in [6, 6.07) is 2.20. The van der Waals surface area contributed by atoms with E-state index < -0.39 is 17.5 Å². The summed E-state index contributed by atoms with van der Waals surface area (Å²) in [5.41, 5.74) is -1.43. The number of halogens is 3. The Morgan fingerprint density at radius 2 is 2.11 bits per heavy atom. The summed E-state index contributed by atoms with van der Waals surface area (Å²) in [6.45, 7) is 1.38. The van der Waals surface area contributed by atoms with Crippen molar-refractivity contribution in [2.45, 2.75) is 50.1 Å². The number of hydrogen-bond donors (Lipinski definition) is 1. The van der Waals surface area contributed by atoms with Crippen molar-refractivity contribution in [3.05, 3.63) is 23.9 Å². The molecular formula is C13H15F3N2O. The Balaban J connectivity index is 2.04. The number of nitriles is 1. The van der Waals surface area contributed by atoms with Crippen LogP contribution in [0.4, 0.5) is 13.2 Å². The Hall–Kier alpha value is -1.48. The summed E-state index contributed by atoms with van der Waals surface area (Å²) < 4.78 is 41.2. The molecule has 2 aliphatic rings. The molecule has 19 heavy (non-hydrogen) atoms. The van der Waals surface area contributed by atoms with Crippen molar-refractivity contribution in [2.75, 3.05) is 0 Å². The molecule has 0 spiro atoms. The fourth-order valence-corrected chi connectivity index (χ4v) is 2.39. The summed E-state index contributed by atoms with van der Waals surface area (Å²) >= 11 is 0. The quantitative estimate of drug-likeness (QED) is 0.858. The van der Waals surface area contributed by atoms with Gasteiger partial charge >= 0.3 is 6.36 Å². The average molecular weight is 272 g/mol. The maximum atomic E-state index is 12.3. The zero-order valence-electron chi connectivity index (χ0n) is 10.5. The second kappa shape index (κ2) is 4.57. The monoisotopic (exact) mass is 272 g/mol. The Kier molecular flexibility index (Phi) is 3.35. The molecule has 0 aromatic carbocycles. The molecule has 1 unspecified atom stereocenters. The van der Waals surface area contributed by atoms with Crippen molar-refractivity contribution in [3.63, 3.8) is 0 Å². The minimum absolute atomic E-state index is 0.0758. The van der Waals surface area contributed by atoms with E-state index in [2.05, 4.69) is 16.1 Å². The molecule has 1 saturated carbocycles. The topological polar surface area (TPSA) is 45.0 Å². The van der Waals surface area contributed by atoms with E-state index in [4.69, 9.17) is 5.26 Å². The first-order valence-corrected chi connectivity index (χ1v) is 6.11. The normalized spacial score (nSPS) is 29.1. The summed E-state index contributed by atoms with van der Waals surface area (Å²) in [5, 5.41) is 12.2.